The fraction of sp³-hybridized carbons (Fsp3) is 0.940. The largest absolute Gasteiger partial charge is 0.394 e. The highest BCUT2D eigenvalue weighted by molar-refractivity contribution is 5.76. The maximum atomic E-state index is 13.5. The van der Waals surface area contributed by atoms with E-state index >= 15 is 0 Å². The summed E-state index contributed by atoms with van der Waals surface area (Å²) in [6.07, 6.45) is 51.9. The number of allylic oxidation sites excluding steroid dienone is 3. The van der Waals surface area contributed by atoms with Crippen LogP contribution >= 0.6 is 0 Å². The number of carbonyl (C=O) groups excluding carboxylic acids is 1. The van der Waals surface area contributed by atoms with Gasteiger partial charge >= 0.3 is 0 Å². The van der Waals surface area contributed by atoms with E-state index in [1.54, 1.807) is 6.08 Å². The van der Waals surface area contributed by atoms with Crippen LogP contribution < -0.4 is 5.32 Å². The highest BCUT2D eigenvalue weighted by Gasteiger charge is 2.54. The van der Waals surface area contributed by atoms with Gasteiger partial charge in [-0.2, -0.15) is 0 Å². The maximum absolute atomic E-state index is 13.5. The second kappa shape index (κ2) is 64.1. The summed E-state index contributed by atoms with van der Waals surface area (Å²) >= 11 is 0. The molecule has 12 N–H and O–H groups in total. The Morgan fingerprint density at radius 1 is 0.343 bits per heavy atom. The number of aliphatic hydroxyl groups is 11. The van der Waals surface area contributed by atoms with Crippen LogP contribution in [0.15, 0.2) is 24.3 Å². The molecule has 1 amide bonds. The van der Waals surface area contributed by atoms with Gasteiger partial charge in [-0.25, -0.2) is 0 Å². The number of carbonyl (C=O) groups is 1. The minimum atomic E-state index is -1.98. The van der Waals surface area contributed by atoms with Crippen molar-refractivity contribution in [3.05, 3.63) is 24.3 Å². The Morgan fingerprint density at radius 3 is 0.980 bits per heavy atom. The van der Waals surface area contributed by atoms with Gasteiger partial charge in [0, 0.05) is 6.42 Å². The van der Waals surface area contributed by atoms with E-state index in [1.807, 2.05) is 6.08 Å². The zero-order valence-electron chi connectivity index (χ0n) is 64.6. The van der Waals surface area contributed by atoms with Crippen molar-refractivity contribution in [2.24, 2.45) is 0 Å². The molecule has 3 rings (SSSR count). The Balaban J connectivity index is 1.33. The fourth-order valence-corrected chi connectivity index (χ4v) is 14.7. The molecule has 0 saturated carbocycles. The lowest BCUT2D eigenvalue weighted by molar-refractivity contribution is -0.379. The predicted octanol–water partition coefficient (Wildman–Crippen LogP) is 14.9. The summed E-state index contributed by atoms with van der Waals surface area (Å²) in [6.45, 7) is 1.78. The SMILES string of the molecule is CCCCCCCCCCCCCCCCCC/C=C/CC/C=C/C(O)C(COC1OC(CO)C(OC2OC(CO)C(OC3OC(CO)C(O)C(O)C3O)C(O)C2O)C(O)C1O)NC(=O)CCCCCCCCCCCCCCCCCCCCCCCCCCCCCCCCCCCCC. The topological polar surface area (TPSA) is 307 Å². The number of hydrogen-bond acceptors (Lipinski definition) is 18. The Morgan fingerprint density at radius 2 is 0.627 bits per heavy atom. The van der Waals surface area contributed by atoms with Crippen molar-refractivity contribution < 1.29 is 89.4 Å². The van der Waals surface area contributed by atoms with Gasteiger partial charge in [-0.05, 0) is 32.1 Å². The monoisotopic (exact) mass is 1460 g/mol. The minimum absolute atomic E-state index is 0.241. The van der Waals surface area contributed by atoms with E-state index < -0.39 is 124 Å². The molecule has 0 radical (unpaired) electrons. The second-order valence-electron chi connectivity index (χ2n) is 30.6. The van der Waals surface area contributed by atoms with Crippen LogP contribution in [0.25, 0.3) is 0 Å². The average Bonchev–Trinajstić information content (AvgIpc) is 0.781. The molecular weight excluding hydrogens is 1300 g/mol. The van der Waals surface area contributed by atoms with Crippen LogP contribution in [-0.4, -0.2) is 193 Å². The van der Waals surface area contributed by atoms with Gasteiger partial charge in [-0.1, -0.05) is 353 Å². The number of nitrogens with one attached hydrogen (secondary N) is 1. The summed E-state index contributed by atoms with van der Waals surface area (Å²) in [7, 11) is 0. The van der Waals surface area contributed by atoms with Gasteiger partial charge in [0.25, 0.3) is 0 Å². The van der Waals surface area contributed by atoms with Crippen LogP contribution in [0.1, 0.15) is 367 Å². The molecule has 19 heteroatoms. The van der Waals surface area contributed by atoms with E-state index in [-0.39, 0.29) is 18.9 Å². The first-order chi connectivity index (χ1) is 49.8. The number of amides is 1. The zero-order chi connectivity index (χ0) is 73.9. The molecule has 19 nitrogen and oxygen atoms in total. The van der Waals surface area contributed by atoms with Crippen molar-refractivity contribution in [2.45, 2.75) is 471 Å². The molecule has 3 saturated heterocycles. The van der Waals surface area contributed by atoms with Gasteiger partial charge in [0.15, 0.2) is 18.9 Å². The third-order valence-electron chi connectivity index (χ3n) is 21.5. The summed E-state index contributed by atoms with van der Waals surface area (Å²) in [5.41, 5.74) is 0. The van der Waals surface area contributed by atoms with Gasteiger partial charge < -0.3 is 89.9 Å². The lowest BCUT2D eigenvalue weighted by atomic mass is 9.96. The summed E-state index contributed by atoms with van der Waals surface area (Å²) in [6, 6.07) is -0.988. The molecule has 17 atom stereocenters. The van der Waals surface area contributed by atoms with E-state index in [9.17, 15) is 61.0 Å². The van der Waals surface area contributed by atoms with Crippen molar-refractivity contribution in [2.75, 3.05) is 26.4 Å². The molecule has 0 aromatic rings. The minimum Gasteiger partial charge on any atom is -0.394 e. The highest BCUT2D eigenvalue weighted by Crippen LogP contribution is 2.33. The highest BCUT2D eigenvalue weighted by atomic mass is 16.8. The van der Waals surface area contributed by atoms with E-state index in [0.29, 0.717) is 12.8 Å². The smallest absolute Gasteiger partial charge is 0.220 e. The van der Waals surface area contributed by atoms with Crippen LogP contribution in [0.4, 0.5) is 0 Å². The van der Waals surface area contributed by atoms with Gasteiger partial charge in [-0.15, -0.1) is 0 Å². The first kappa shape index (κ1) is 94.5. The molecular formula is C83H157NO18. The summed E-state index contributed by atoms with van der Waals surface area (Å²) in [4.78, 5) is 13.5. The Kier molecular flexibility index (Phi) is 59.4. The zero-order valence-corrected chi connectivity index (χ0v) is 64.6. The second-order valence-corrected chi connectivity index (χ2v) is 30.6. The average molecular weight is 1460 g/mol. The van der Waals surface area contributed by atoms with Gasteiger partial charge in [-0.3, -0.25) is 4.79 Å². The summed E-state index contributed by atoms with van der Waals surface area (Å²) in [5.74, 6) is -0.277. The van der Waals surface area contributed by atoms with Gasteiger partial charge in [0.05, 0.1) is 38.6 Å². The van der Waals surface area contributed by atoms with Crippen molar-refractivity contribution in [1.82, 2.24) is 5.32 Å². The van der Waals surface area contributed by atoms with Crippen LogP contribution in [0.5, 0.6) is 0 Å². The Hall–Kier alpha value is -1.73. The van der Waals surface area contributed by atoms with Crippen LogP contribution in [0.3, 0.4) is 0 Å². The lowest BCUT2D eigenvalue weighted by Gasteiger charge is -2.48. The van der Waals surface area contributed by atoms with E-state index in [4.69, 9.17) is 28.4 Å². The van der Waals surface area contributed by atoms with Crippen LogP contribution in [0, 0.1) is 0 Å². The Labute approximate surface area is 619 Å². The number of hydrogen-bond donors (Lipinski definition) is 12. The molecule has 0 aliphatic carbocycles. The number of rotatable bonds is 69. The van der Waals surface area contributed by atoms with Crippen LogP contribution in [-0.2, 0) is 33.2 Å². The molecule has 3 fully saturated rings. The molecule has 0 aromatic heterocycles. The molecule has 3 heterocycles. The molecule has 3 aliphatic heterocycles. The van der Waals surface area contributed by atoms with Crippen molar-refractivity contribution in [1.29, 1.82) is 0 Å². The van der Waals surface area contributed by atoms with Gasteiger partial charge in [0.2, 0.25) is 5.91 Å². The lowest BCUT2D eigenvalue weighted by Crippen LogP contribution is -2.66. The molecule has 17 unspecified atom stereocenters. The number of aliphatic hydroxyl groups excluding tert-OH is 11. The summed E-state index contributed by atoms with van der Waals surface area (Å²) < 4.78 is 34.5. The molecule has 0 bridgehead atoms. The maximum Gasteiger partial charge on any atom is 0.220 e. The number of ether oxygens (including phenoxy) is 6. The van der Waals surface area contributed by atoms with E-state index in [0.717, 1.165) is 38.5 Å². The molecule has 0 aromatic carbocycles. The normalized spacial score (nSPS) is 26.2. The molecule has 102 heavy (non-hydrogen) atoms. The predicted molar refractivity (Wildman–Crippen MR) is 406 cm³/mol. The first-order valence-corrected chi connectivity index (χ1v) is 42.6. The van der Waals surface area contributed by atoms with Crippen molar-refractivity contribution >= 4 is 5.91 Å². The van der Waals surface area contributed by atoms with Gasteiger partial charge in [0.1, 0.15) is 73.2 Å². The fourth-order valence-electron chi connectivity index (χ4n) is 14.7. The van der Waals surface area contributed by atoms with E-state index in [2.05, 4.69) is 31.3 Å². The van der Waals surface area contributed by atoms with Crippen molar-refractivity contribution in [3.63, 3.8) is 0 Å². The van der Waals surface area contributed by atoms with E-state index in [1.165, 1.54) is 295 Å². The third-order valence-corrected chi connectivity index (χ3v) is 21.5. The Bertz CT molecular complexity index is 1940. The third kappa shape index (κ3) is 43.5. The first-order valence-electron chi connectivity index (χ1n) is 42.6. The summed E-state index contributed by atoms with van der Waals surface area (Å²) in [5, 5.41) is 121. The quantitative estimate of drug-likeness (QED) is 0.0199. The molecule has 3 aliphatic rings. The molecule has 0 spiro atoms. The number of unbranched alkanes of at least 4 members (excludes halogenated alkanes) is 51. The van der Waals surface area contributed by atoms with Crippen LogP contribution in [0.2, 0.25) is 0 Å². The molecule has 602 valence electrons. The van der Waals surface area contributed by atoms with Crippen molar-refractivity contribution in [3.8, 4) is 0 Å². The standard InChI is InChI=1S/C83H157NO18/c1-3-5-7-9-11-13-15-17-19-21-23-25-27-28-29-30-31-32-33-34-35-36-37-38-39-41-43-45-47-49-51-53-55-57-59-61-71(89)84-66(67(88)60-58-56-54-52-50-48-46-44-42-40-26-24-22-20-18-16-14-12-10-8-6-4-2)65-97-81-77(95)74(92)79(69(63-86)99-81)102-83-78(96)75(93)80(70(64-87)100-83)101-82-76(94)73(91)72(90)68(62-85)98-82/h50,52,58,60,66-70,72-83,85-88,90-96H,3-49,51,53-57,59,61-65H2,1-2H3,(H,84,89)/b52-50+,60-58+.